The number of rotatable bonds is 5. The molecule has 1 saturated carbocycles. The quantitative estimate of drug-likeness (QED) is 0.299. The van der Waals surface area contributed by atoms with Crippen LogP contribution in [0.1, 0.15) is 38.2 Å². The number of aliphatic imine (C=N–C) groups is 1. The van der Waals surface area contributed by atoms with E-state index in [2.05, 4.69) is 15.2 Å². The molecular formula is C20H29FIN3O2. The summed E-state index contributed by atoms with van der Waals surface area (Å²) in [7, 11) is 1.76. The minimum atomic E-state index is -0.188. The number of esters is 1. The highest BCUT2D eigenvalue weighted by molar-refractivity contribution is 14.0. The predicted molar refractivity (Wildman–Crippen MR) is 115 cm³/mol. The van der Waals surface area contributed by atoms with Crippen molar-refractivity contribution in [2.45, 2.75) is 38.0 Å². The molecule has 3 rings (SSSR count). The number of carbonyl (C=O) groups is 1. The summed E-state index contributed by atoms with van der Waals surface area (Å²) in [6, 6.07) is 6.89. The molecule has 0 bridgehead atoms. The van der Waals surface area contributed by atoms with E-state index in [1.165, 1.54) is 6.07 Å². The average Bonchev–Trinajstić information content (AvgIpc) is 3.44. The first-order chi connectivity index (χ1) is 12.6. The maximum Gasteiger partial charge on any atom is 0.310 e. The van der Waals surface area contributed by atoms with Gasteiger partial charge in [-0.1, -0.05) is 12.1 Å². The Morgan fingerprint density at radius 2 is 2.22 bits per heavy atom. The zero-order valence-corrected chi connectivity index (χ0v) is 18.4. The Bertz CT molecular complexity index is 679. The molecular weight excluding hydrogens is 460 g/mol. The third-order valence-corrected chi connectivity index (χ3v) is 5.43. The smallest absolute Gasteiger partial charge is 0.310 e. The minimum Gasteiger partial charge on any atom is -0.466 e. The highest BCUT2D eigenvalue weighted by atomic mass is 127. The van der Waals surface area contributed by atoms with Gasteiger partial charge in [-0.05, 0) is 50.3 Å². The number of nitrogens with zero attached hydrogens (tertiary/aromatic N) is 2. The Hall–Kier alpha value is -1.38. The van der Waals surface area contributed by atoms with Crippen LogP contribution in [0.2, 0.25) is 0 Å². The van der Waals surface area contributed by atoms with E-state index in [4.69, 9.17) is 4.74 Å². The molecule has 1 unspecified atom stereocenters. The normalized spacial score (nSPS) is 21.2. The fraction of sp³-hybridized carbons (Fsp3) is 0.600. The van der Waals surface area contributed by atoms with Crippen molar-refractivity contribution in [3.05, 3.63) is 35.6 Å². The van der Waals surface area contributed by atoms with Crippen molar-refractivity contribution >= 4 is 35.9 Å². The number of piperidine rings is 1. The van der Waals surface area contributed by atoms with Crippen molar-refractivity contribution in [2.24, 2.45) is 10.9 Å². The van der Waals surface area contributed by atoms with Crippen molar-refractivity contribution in [3.8, 4) is 0 Å². The molecule has 1 aliphatic carbocycles. The van der Waals surface area contributed by atoms with E-state index >= 15 is 0 Å². The van der Waals surface area contributed by atoms with E-state index < -0.39 is 0 Å². The molecule has 1 aromatic carbocycles. The standard InChI is InChI=1S/C20H28FN3O2.HI/c1-3-26-18(25)15-6-5-11-24(13-15)19(22-2)23-14-20(9-10-20)16-7-4-8-17(21)12-16;/h4,7-8,12,15H,3,5-6,9-11,13-14H2,1-2H3,(H,22,23);1H. The Labute approximate surface area is 177 Å². The van der Waals surface area contributed by atoms with Gasteiger partial charge in [0.15, 0.2) is 5.96 Å². The van der Waals surface area contributed by atoms with E-state index in [0.717, 1.165) is 50.3 Å². The lowest BCUT2D eigenvalue weighted by atomic mass is 9.95. The molecule has 2 fully saturated rings. The molecule has 0 spiro atoms. The molecule has 2 aliphatic rings. The predicted octanol–water partition coefficient (Wildman–Crippen LogP) is 3.33. The molecule has 1 aliphatic heterocycles. The van der Waals surface area contributed by atoms with Gasteiger partial charge in [0, 0.05) is 32.1 Å². The second-order valence-corrected chi connectivity index (χ2v) is 7.23. The van der Waals surface area contributed by atoms with Gasteiger partial charge in [0.1, 0.15) is 5.82 Å². The highest BCUT2D eigenvalue weighted by Gasteiger charge is 2.44. The number of benzene rings is 1. The van der Waals surface area contributed by atoms with Crippen molar-refractivity contribution in [3.63, 3.8) is 0 Å². The molecule has 0 aromatic heterocycles. The van der Waals surface area contributed by atoms with E-state index in [9.17, 15) is 9.18 Å². The van der Waals surface area contributed by atoms with Gasteiger partial charge in [0.2, 0.25) is 0 Å². The average molecular weight is 489 g/mol. The van der Waals surface area contributed by atoms with Gasteiger partial charge in [0.25, 0.3) is 0 Å². The molecule has 150 valence electrons. The van der Waals surface area contributed by atoms with E-state index in [1.807, 2.05) is 13.0 Å². The number of hydrogen-bond acceptors (Lipinski definition) is 3. The maximum absolute atomic E-state index is 13.6. The third kappa shape index (κ3) is 5.33. The lowest BCUT2D eigenvalue weighted by Crippen LogP contribution is -2.49. The number of guanidine groups is 1. The molecule has 5 nitrogen and oxygen atoms in total. The van der Waals surface area contributed by atoms with E-state index in [0.29, 0.717) is 13.2 Å². The fourth-order valence-electron chi connectivity index (χ4n) is 3.74. The van der Waals surface area contributed by atoms with Crippen LogP contribution >= 0.6 is 24.0 Å². The Balaban J connectivity index is 0.00000261. The van der Waals surface area contributed by atoms with Crippen molar-refractivity contribution in [2.75, 3.05) is 33.3 Å². The SMILES string of the molecule is CCOC(=O)C1CCCN(C(=NC)NCC2(c3cccc(F)c3)CC2)C1.I. The summed E-state index contributed by atoms with van der Waals surface area (Å²) in [5.41, 5.74) is 1.04. The largest absolute Gasteiger partial charge is 0.466 e. The van der Waals surface area contributed by atoms with Gasteiger partial charge >= 0.3 is 5.97 Å². The summed E-state index contributed by atoms with van der Waals surface area (Å²) in [4.78, 5) is 18.6. The first-order valence-electron chi connectivity index (χ1n) is 9.46. The van der Waals surface area contributed by atoms with Crippen LogP contribution in [0.4, 0.5) is 4.39 Å². The topological polar surface area (TPSA) is 53.9 Å². The van der Waals surface area contributed by atoms with Crippen LogP contribution in [0.5, 0.6) is 0 Å². The number of ether oxygens (including phenoxy) is 1. The molecule has 1 saturated heterocycles. The Morgan fingerprint density at radius 1 is 1.44 bits per heavy atom. The highest BCUT2D eigenvalue weighted by Crippen LogP contribution is 2.47. The fourth-order valence-corrected chi connectivity index (χ4v) is 3.74. The van der Waals surface area contributed by atoms with Crippen LogP contribution in [-0.4, -0.2) is 50.1 Å². The lowest BCUT2D eigenvalue weighted by Gasteiger charge is -2.34. The van der Waals surface area contributed by atoms with Gasteiger partial charge in [0.05, 0.1) is 12.5 Å². The monoisotopic (exact) mass is 489 g/mol. The maximum atomic E-state index is 13.6. The van der Waals surface area contributed by atoms with Gasteiger partial charge in [-0.2, -0.15) is 0 Å². The molecule has 1 aromatic rings. The van der Waals surface area contributed by atoms with Crippen LogP contribution in [0.25, 0.3) is 0 Å². The van der Waals surface area contributed by atoms with Gasteiger partial charge < -0.3 is 15.0 Å². The Kier molecular flexibility index (Phi) is 7.88. The molecule has 27 heavy (non-hydrogen) atoms. The zero-order valence-electron chi connectivity index (χ0n) is 16.0. The molecule has 1 atom stereocenters. The molecule has 0 amide bonds. The van der Waals surface area contributed by atoms with Crippen LogP contribution in [0, 0.1) is 11.7 Å². The summed E-state index contributed by atoms with van der Waals surface area (Å²) >= 11 is 0. The minimum absolute atomic E-state index is 0. The number of nitrogens with one attached hydrogen (secondary N) is 1. The van der Waals surface area contributed by atoms with Crippen LogP contribution in [0.15, 0.2) is 29.3 Å². The first-order valence-corrected chi connectivity index (χ1v) is 9.46. The first kappa shape index (κ1) is 21.9. The van der Waals surface area contributed by atoms with Crippen LogP contribution < -0.4 is 5.32 Å². The number of hydrogen-bond donors (Lipinski definition) is 1. The van der Waals surface area contributed by atoms with Crippen LogP contribution in [-0.2, 0) is 14.9 Å². The van der Waals surface area contributed by atoms with Crippen LogP contribution in [0.3, 0.4) is 0 Å². The summed E-state index contributed by atoms with van der Waals surface area (Å²) in [5.74, 6) is 0.402. The zero-order chi connectivity index (χ0) is 18.6. The lowest BCUT2D eigenvalue weighted by molar-refractivity contribution is -0.149. The van der Waals surface area contributed by atoms with E-state index in [-0.39, 0.29) is 47.1 Å². The van der Waals surface area contributed by atoms with Crippen molar-refractivity contribution in [1.29, 1.82) is 0 Å². The van der Waals surface area contributed by atoms with Crippen molar-refractivity contribution in [1.82, 2.24) is 10.2 Å². The second-order valence-electron chi connectivity index (χ2n) is 7.23. The molecule has 7 heteroatoms. The third-order valence-electron chi connectivity index (χ3n) is 5.43. The number of halogens is 2. The van der Waals surface area contributed by atoms with Crippen molar-refractivity contribution < 1.29 is 13.9 Å². The number of carbonyl (C=O) groups excluding carboxylic acids is 1. The van der Waals surface area contributed by atoms with E-state index in [1.54, 1.807) is 19.2 Å². The van der Waals surface area contributed by atoms with Gasteiger partial charge in [-0.15, -0.1) is 24.0 Å². The number of likely N-dealkylation sites (tertiary alicyclic amines) is 1. The molecule has 1 heterocycles. The summed E-state index contributed by atoms with van der Waals surface area (Å²) < 4.78 is 18.7. The summed E-state index contributed by atoms with van der Waals surface area (Å²) in [6.45, 7) is 4.48. The second kappa shape index (κ2) is 9.71. The Morgan fingerprint density at radius 3 is 2.85 bits per heavy atom. The summed E-state index contributed by atoms with van der Waals surface area (Å²) in [5, 5.41) is 3.45. The van der Waals surface area contributed by atoms with Gasteiger partial charge in [-0.25, -0.2) is 4.39 Å². The summed E-state index contributed by atoms with van der Waals surface area (Å²) in [6.07, 6.45) is 3.90. The molecule has 0 radical (unpaired) electrons. The van der Waals surface area contributed by atoms with Gasteiger partial charge in [-0.3, -0.25) is 9.79 Å². The molecule has 1 N–H and O–H groups in total.